The first kappa shape index (κ1) is 21.0. The van der Waals surface area contributed by atoms with E-state index < -0.39 is 11.6 Å². The van der Waals surface area contributed by atoms with Gasteiger partial charge >= 0.3 is 5.97 Å². The van der Waals surface area contributed by atoms with Crippen LogP contribution in [0, 0.1) is 0 Å². The number of carbonyl (C=O) groups is 4. The van der Waals surface area contributed by atoms with Crippen LogP contribution in [0.4, 0.5) is 10.8 Å². The summed E-state index contributed by atoms with van der Waals surface area (Å²) in [4.78, 5) is 57.3. The molecule has 0 aliphatic carbocycles. The molecule has 2 aliphatic heterocycles. The summed E-state index contributed by atoms with van der Waals surface area (Å²) < 4.78 is 4.89. The maximum Gasteiger partial charge on any atom is 0.357 e. The van der Waals surface area contributed by atoms with Gasteiger partial charge in [-0.15, -0.1) is 11.3 Å². The van der Waals surface area contributed by atoms with Crippen LogP contribution in [0.15, 0.2) is 29.6 Å². The summed E-state index contributed by atoms with van der Waals surface area (Å²) in [5, 5.41) is 4.46. The molecule has 2 aliphatic rings. The Bertz CT molecular complexity index is 1070. The van der Waals surface area contributed by atoms with Gasteiger partial charge in [0, 0.05) is 24.8 Å². The van der Waals surface area contributed by atoms with Gasteiger partial charge in [-0.25, -0.2) is 9.78 Å². The number of nitrogens with zero attached hydrogens (tertiary/aromatic N) is 3. The van der Waals surface area contributed by atoms with Crippen LogP contribution < -0.4 is 10.2 Å². The standard InChI is InChI=1S/C21H22N4O5S/c1-3-30-19(29)14-12-31-20(22-14)23-16(26)9-11-24-18(28)13-6-4-5-7-15(13)25-17(27)8-10-21(24,25)2/h4-7,12H,3,8-11H2,1-2H3,(H,22,23,26). The predicted octanol–water partition coefficient (Wildman–Crippen LogP) is 2.65. The van der Waals surface area contributed by atoms with Gasteiger partial charge in [-0.1, -0.05) is 12.1 Å². The van der Waals surface area contributed by atoms with Gasteiger partial charge in [0.05, 0.1) is 17.9 Å². The highest BCUT2D eigenvalue weighted by Gasteiger charge is 2.52. The second-order valence-corrected chi connectivity index (χ2v) is 8.33. The zero-order chi connectivity index (χ0) is 22.2. The first-order chi connectivity index (χ1) is 14.8. The maximum atomic E-state index is 13.2. The van der Waals surface area contributed by atoms with E-state index in [9.17, 15) is 19.2 Å². The number of rotatable bonds is 6. The number of amides is 3. The molecule has 9 nitrogen and oxygen atoms in total. The molecule has 1 fully saturated rings. The Labute approximate surface area is 183 Å². The van der Waals surface area contributed by atoms with E-state index in [1.165, 1.54) is 5.38 Å². The molecule has 1 aromatic carbocycles. The van der Waals surface area contributed by atoms with E-state index in [0.29, 0.717) is 24.1 Å². The van der Waals surface area contributed by atoms with E-state index in [1.807, 2.05) is 6.92 Å². The highest BCUT2D eigenvalue weighted by atomic mass is 32.1. The van der Waals surface area contributed by atoms with Crippen LogP contribution in [0.5, 0.6) is 0 Å². The van der Waals surface area contributed by atoms with Crippen molar-refractivity contribution in [2.45, 2.75) is 38.8 Å². The van der Waals surface area contributed by atoms with Crippen molar-refractivity contribution in [1.82, 2.24) is 9.88 Å². The fourth-order valence-electron chi connectivity index (χ4n) is 4.07. The number of hydrogen-bond acceptors (Lipinski definition) is 7. The summed E-state index contributed by atoms with van der Waals surface area (Å²) in [6.07, 6.45) is 0.874. The lowest BCUT2D eigenvalue weighted by molar-refractivity contribution is -0.117. The summed E-state index contributed by atoms with van der Waals surface area (Å²) in [5.41, 5.74) is 0.404. The number of hydrogen-bond donors (Lipinski definition) is 1. The van der Waals surface area contributed by atoms with Gasteiger partial charge in [-0.3, -0.25) is 19.3 Å². The molecule has 0 radical (unpaired) electrons. The molecule has 3 heterocycles. The van der Waals surface area contributed by atoms with Gasteiger partial charge in [0.1, 0.15) is 5.66 Å². The monoisotopic (exact) mass is 442 g/mol. The molecule has 1 unspecified atom stereocenters. The molecule has 1 aromatic heterocycles. The lowest BCUT2D eigenvalue weighted by Crippen LogP contribution is -2.62. The van der Waals surface area contributed by atoms with Gasteiger partial charge in [0.2, 0.25) is 11.8 Å². The van der Waals surface area contributed by atoms with Crippen LogP contribution in [-0.4, -0.2) is 52.4 Å². The fraction of sp³-hybridized carbons (Fsp3) is 0.381. The molecular formula is C21H22N4O5S. The van der Waals surface area contributed by atoms with Crippen LogP contribution in [0.1, 0.15) is 54.0 Å². The summed E-state index contributed by atoms with van der Waals surface area (Å²) in [7, 11) is 0. The van der Waals surface area contributed by atoms with Crippen molar-refractivity contribution >= 4 is 45.8 Å². The number of aromatic nitrogens is 1. The summed E-state index contributed by atoms with van der Waals surface area (Å²) >= 11 is 1.12. The zero-order valence-electron chi connectivity index (χ0n) is 17.2. The van der Waals surface area contributed by atoms with Crippen molar-refractivity contribution < 1.29 is 23.9 Å². The van der Waals surface area contributed by atoms with Gasteiger partial charge in [0.25, 0.3) is 5.91 Å². The minimum Gasteiger partial charge on any atom is -0.461 e. The number of benzene rings is 1. The van der Waals surface area contributed by atoms with E-state index in [4.69, 9.17) is 4.74 Å². The molecule has 1 saturated heterocycles. The minimum atomic E-state index is -0.805. The molecule has 2 aromatic rings. The predicted molar refractivity (Wildman–Crippen MR) is 114 cm³/mol. The lowest BCUT2D eigenvalue weighted by Gasteiger charge is -2.48. The number of fused-ring (bicyclic) bond motifs is 3. The largest absolute Gasteiger partial charge is 0.461 e. The normalized spacial score (nSPS) is 19.8. The van der Waals surface area contributed by atoms with Gasteiger partial charge in [-0.2, -0.15) is 0 Å². The van der Waals surface area contributed by atoms with Crippen molar-refractivity contribution in [3.63, 3.8) is 0 Å². The number of thiazole rings is 1. The number of para-hydroxylation sites is 1. The van der Waals surface area contributed by atoms with E-state index in [-0.39, 0.29) is 48.1 Å². The summed E-state index contributed by atoms with van der Waals surface area (Å²) in [5.74, 6) is -1.12. The number of carbonyl (C=O) groups excluding carboxylic acids is 4. The SMILES string of the molecule is CCOC(=O)c1csc(NC(=O)CCN2C(=O)c3ccccc3N3C(=O)CCC23C)n1. The first-order valence-corrected chi connectivity index (χ1v) is 10.9. The van der Waals surface area contributed by atoms with Crippen LogP contribution in [-0.2, 0) is 14.3 Å². The first-order valence-electron chi connectivity index (χ1n) is 10.0. The third kappa shape index (κ3) is 3.67. The average molecular weight is 442 g/mol. The Morgan fingerprint density at radius 2 is 2.06 bits per heavy atom. The number of anilines is 2. The molecule has 162 valence electrons. The Morgan fingerprint density at radius 1 is 1.29 bits per heavy atom. The maximum absolute atomic E-state index is 13.2. The van der Waals surface area contributed by atoms with Gasteiger partial charge < -0.3 is 15.0 Å². The number of nitrogens with one attached hydrogen (secondary N) is 1. The van der Waals surface area contributed by atoms with Crippen molar-refractivity contribution in [1.29, 1.82) is 0 Å². The fourth-order valence-corrected chi connectivity index (χ4v) is 4.76. The highest BCUT2D eigenvalue weighted by molar-refractivity contribution is 7.14. The van der Waals surface area contributed by atoms with Crippen LogP contribution in [0.25, 0.3) is 0 Å². The Morgan fingerprint density at radius 3 is 2.84 bits per heavy atom. The Hall–Kier alpha value is -3.27. The molecule has 0 saturated carbocycles. The molecule has 0 spiro atoms. The van der Waals surface area contributed by atoms with E-state index in [0.717, 1.165) is 11.3 Å². The van der Waals surface area contributed by atoms with E-state index in [2.05, 4.69) is 10.3 Å². The van der Waals surface area contributed by atoms with Crippen LogP contribution in [0.3, 0.4) is 0 Å². The molecule has 10 heteroatoms. The molecule has 1 N–H and O–H groups in total. The zero-order valence-corrected chi connectivity index (χ0v) is 18.0. The van der Waals surface area contributed by atoms with Crippen molar-refractivity contribution in [3.8, 4) is 0 Å². The van der Waals surface area contributed by atoms with E-state index >= 15 is 0 Å². The second-order valence-electron chi connectivity index (χ2n) is 7.48. The van der Waals surface area contributed by atoms with Crippen molar-refractivity contribution in [2.75, 3.05) is 23.4 Å². The summed E-state index contributed by atoms with van der Waals surface area (Å²) in [6, 6.07) is 7.04. The lowest BCUT2D eigenvalue weighted by atomic mass is 9.98. The van der Waals surface area contributed by atoms with Crippen LogP contribution in [0.2, 0.25) is 0 Å². The Balaban J connectivity index is 1.47. The molecule has 4 rings (SSSR count). The number of ether oxygens (including phenoxy) is 1. The smallest absolute Gasteiger partial charge is 0.357 e. The van der Waals surface area contributed by atoms with E-state index in [1.54, 1.807) is 41.0 Å². The highest BCUT2D eigenvalue weighted by Crippen LogP contribution is 2.43. The van der Waals surface area contributed by atoms with Crippen molar-refractivity contribution in [2.24, 2.45) is 0 Å². The second kappa shape index (κ2) is 8.10. The number of esters is 1. The van der Waals surface area contributed by atoms with Crippen molar-refractivity contribution in [3.05, 3.63) is 40.9 Å². The molecule has 31 heavy (non-hydrogen) atoms. The molecule has 0 bridgehead atoms. The molecule has 3 amide bonds. The molecule has 1 atom stereocenters. The van der Waals surface area contributed by atoms with Crippen LogP contribution >= 0.6 is 11.3 Å². The van der Waals surface area contributed by atoms with Gasteiger partial charge in [-0.05, 0) is 32.4 Å². The average Bonchev–Trinajstić information content (AvgIpc) is 3.33. The topological polar surface area (TPSA) is 109 Å². The van der Waals surface area contributed by atoms with Gasteiger partial charge in [0.15, 0.2) is 10.8 Å². The third-order valence-corrected chi connectivity index (χ3v) is 6.30. The Kier molecular flexibility index (Phi) is 5.48. The molecular weight excluding hydrogens is 420 g/mol. The quantitative estimate of drug-likeness (QED) is 0.689. The minimum absolute atomic E-state index is 0.0276. The third-order valence-electron chi connectivity index (χ3n) is 5.54. The summed E-state index contributed by atoms with van der Waals surface area (Å²) in [6.45, 7) is 3.95.